The summed E-state index contributed by atoms with van der Waals surface area (Å²) in [6, 6.07) is 8.31. The zero-order valence-electron chi connectivity index (χ0n) is 10.0. The fraction of sp³-hybridized carbons (Fsp3) is 0.538. The molecule has 1 N–H and O–H groups in total. The minimum Gasteiger partial charge on any atom is -0.372 e. The lowest BCUT2D eigenvalue weighted by Crippen LogP contribution is -2.20. The molecule has 0 heterocycles. The van der Waals surface area contributed by atoms with Crippen molar-refractivity contribution in [3.8, 4) is 0 Å². The third-order valence-corrected chi connectivity index (χ3v) is 2.92. The minimum absolute atomic E-state index is 0.147. The molecule has 90 valence electrons. The number of likely N-dealkylation sites (N-methyl/N-ethyl adjacent to an activating group) is 1. The first kappa shape index (κ1) is 13.7. The second-order valence-electron chi connectivity index (χ2n) is 3.83. The number of hydrogen-bond acceptors (Lipinski definition) is 2. The molecular formula is C13H20BrNO. The van der Waals surface area contributed by atoms with Gasteiger partial charge in [-0.25, -0.2) is 0 Å². The first-order chi connectivity index (χ1) is 7.77. The molecular weight excluding hydrogens is 266 g/mol. The summed E-state index contributed by atoms with van der Waals surface area (Å²) in [5.41, 5.74) is 1.22. The summed E-state index contributed by atoms with van der Waals surface area (Å²) >= 11 is 3.49. The highest BCUT2D eigenvalue weighted by molar-refractivity contribution is 9.10. The average Bonchev–Trinajstić information content (AvgIpc) is 2.28. The highest BCUT2D eigenvalue weighted by Gasteiger charge is 2.10. The second kappa shape index (κ2) is 7.82. The van der Waals surface area contributed by atoms with Crippen molar-refractivity contribution in [3.63, 3.8) is 0 Å². The SMILES string of the molecule is CCCCOC(CNC)c1cccc(Br)c1. The minimum atomic E-state index is 0.147. The summed E-state index contributed by atoms with van der Waals surface area (Å²) in [7, 11) is 1.95. The van der Waals surface area contributed by atoms with E-state index in [4.69, 9.17) is 4.74 Å². The number of ether oxygens (including phenoxy) is 1. The average molecular weight is 286 g/mol. The first-order valence-electron chi connectivity index (χ1n) is 5.79. The van der Waals surface area contributed by atoms with Crippen molar-refractivity contribution in [3.05, 3.63) is 34.3 Å². The van der Waals surface area contributed by atoms with Crippen LogP contribution in [-0.2, 0) is 4.74 Å². The Balaban J connectivity index is 2.61. The molecule has 1 aromatic rings. The Morgan fingerprint density at radius 3 is 2.88 bits per heavy atom. The number of halogens is 1. The lowest BCUT2D eigenvalue weighted by Gasteiger charge is -2.18. The normalized spacial score (nSPS) is 12.7. The van der Waals surface area contributed by atoms with Gasteiger partial charge in [-0.05, 0) is 31.2 Å². The molecule has 1 aromatic carbocycles. The van der Waals surface area contributed by atoms with Gasteiger partial charge in [-0.3, -0.25) is 0 Å². The van der Waals surface area contributed by atoms with Crippen LogP contribution in [0.4, 0.5) is 0 Å². The fourth-order valence-electron chi connectivity index (χ4n) is 1.54. The Morgan fingerprint density at radius 1 is 1.44 bits per heavy atom. The standard InChI is InChI=1S/C13H20BrNO/c1-3-4-8-16-13(10-15-2)11-6-5-7-12(14)9-11/h5-7,9,13,15H,3-4,8,10H2,1-2H3. The van der Waals surface area contributed by atoms with E-state index in [1.165, 1.54) is 12.0 Å². The molecule has 0 spiro atoms. The number of benzene rings is 1. The van der Waals surface area contributed by atoms with Gasteiger partial charge in [0.25, 0.3) is 0 Å². The van der Waals surface area contributed by atoms with Crippen molar-refractivity contribution in [2.45, 2.75) is 25.9 Å². The molecule has 0 saturated heterocycles. The maximum atomic E-state index is 5.88. The Bertz CT molecular complexity index is 304. The van der Waals surface area contributed by atoms with E-state index < -0.39 is 0 Å². The number of nitrogens with one attached hydrogen (secondary N) is 1. The lowest BCUT2D eigenvalue weighted by molar-refractivity contribution is 0.0519. The van der Waals surface area contributed by atoms with Crippen molar-refractivity contribution in [1.29, 1.82) is 0 Å². The molecule has 0 bridgehead atoms. The fourth-order valence-corrected chi connectivity index (χ4v) is 1.95. The van der Waals surface area contributed by atoms with Crippen LogP contribution >= 0.6 is 15.9 Å². The Labute approximate surface area is 107 Å². The Hall–Kier alpha value is -0.380. The molecule has 0 aliphatic heterocycles. The monoisotopic (exact) mass is 285 g/mol. The van der Waals surface area contributed by atoms with Crippen molar-refractivity contribution in [2.75, 3.05) is 20.2 Å². The molecule has 0 aromatic heterocycles. The van der Waals surface area contributed by atoms with Crippen LogP contribution in [0.2, 0.25) is 0 Å². The van der Waals surface area contributed by atoms with Gasteiger partial charge in [0.05, 0.1) is 6.10 Å². The molecule has 0 fully saturated rings. The molecule has 0 saturated carbocycles. The van der Waals surface area contributed by atoms with Crippen LogP contribution in [0, 0.1) is 0 Å². The first-order valence-corrected chi connectivity index (χ1v) is 6.59. The molecule has 0 radical (unpaired) electrons. The van der Waals surface area contributed by atoms with Gasteiger partial charge in [0.15, 0.2) is 0 Å². The van der Waals surface area contributed by atoms with Gasteiger partial charge in [0.2, 0.25) is 0 Å². The molecule has 0 aliphatic rings. The van der Waals surface area contributed by atoms with Gasteiger partial charge in [-0.1, -0.05) is 41.4 Å². The van der Waals surface area contributed by atoms with Crippen LogP contribution in [-0.4, -0.2) is 20.2 Å². The summed E-state index contributed by atoms with van der Waals surface area (Å²) in [4.78, 5) is 0. The number of rotatable bonds is 7. The van der Waals surface area contributed by atoms with Crippen molar-refractivity contribution >= 4 is 15.9 Å². The van der Waals surface area contributed by atoms with Crippen LogP contribution in [0.25, 0.3) is 0 Å². The van der Waals surface area contributed by atoms with E-state index in [0.29, 0.717) is 0 Å². The van der Waals surface area contributed by atoms with Crippen LogP contribution < -0.4 is 5.32 Å². The summed E-state index contributed by atoms with van der Waals surface area (Å²) in [5, 5.41) is 3.17. The third-order valence-electron chi connectivity index (χ3n) is 2.43. The van der Waals surface area contributed by atoms with Crippen LogP contribution in [0.15, 0.2) is 28.7 Å². The quantitative estimate of drug-likeness (QED) is 0.774. The highest BCUT2D eigenvalue weighted by Crippen LogP contribution is 2.21. The Morgan fingerprint density at radius 2 is 2.25 bits per heavy atom. The van der Waals surface area contributed by atoms with Gasteiger partial charge >= 0.3 is 0 Å². The molecule has 2 nitrogen and oxygen atoms in total. The van der Waals surface area contributed by atoms with E-state index in [1.807, 2.05) is 19.2 Å². The van der Waals surface area contributed by atoms with Gasteiger partial charge in [0, 0.05) is 17.6 Å². The molecule has 1 unspecified atom stereocenters. The second-order valence-corrected chi connectivity index (χ2v) is 4.74. The number of unbranched alkanes of at least 4 members (excludes halogenated alkanes) is 1. The molecule has 0 amide bonds. The predicted octanol–water partition coefficient (Wildman–Crippen LogP) is 3.53. The molecule has 1 rings (SSSR count). The maximum Gasteiger partial charge on any atom is 0.0949 e. The zero-order chi connectivity index (χ0) is 11.8. The molecule has 16 heavy (non-hydrogen) atoms. The predicted molar refractivity (Wildman–Crippen MR) is 71.7 cm³/mol. The van der Waals surface area contributed by atoms with E-state index in [0.717, 1.165) is 24.0 Å². The smallest absolute Gasteiger partial charge is 0.0949 e. The van der Waals surface area contributed by atoms with Gasteiger partial charge in [-0.2, -0.15) is 0 Å². The van der Waals surface area contributed by atoms with Crippen LogP contribution in [0.5, 0.6) is 0 Å². The van der Waals surface area contributed by atoms with Crippen LogP contribution in [0.1, 0.15) is 31.4 Å². The Kier molecular flexibility index (Phi) is 6.69. The molecule has 0 aliphatic carbocycles. The van der Waals surface area contributed by atoms with Crippen molar-refractivity contribution in [2.24, 2.45) is 0 Å². The van der Waals surface area contributed by atoms with Crippen molar-refractivity contribution in [1.82, 2.24) is 5.32 Å². The lowest BCUT2D eigenvalue weighted by atomic mass is 10.1. The summed E-state index contributed by atoms with van der Waals surface area (Å²) < 4.78 is 6.98. The van der Waals surface area contributed by atoms with E-state index >= 15 is 0 Å². The molecule has 3 heteroatoms. The summed E-state index contributed by atoms with van der Waals surface area (Å²) in [5.74, 6) is 0. The topological polar surface area (TPSA) is 21.3 Å². The third kappa shape index (κ3) is 4.64. The van der Waals surface area contributed by atoms with Crippen molar-refractivity contribution < 1.29 is 4.74 Å². The molecule has 1 atom stereocenters. The van der Waals surface area contributed by atoms with E-state index in [2.05, 4.69) is 40.3 Å². The van der Waals surface area contributed by atoms with Gasteiger partial charge in [-0.15, -0.1) is 0 Å². The van der Waals surface area contributed by atoms with Crippen LogP contribution in [0.3, 0.4) is 0 Å². The summed E-state index contributed by atoms with van der Waals surface area (Å²) in [6.45, 7) is 3.85. The highest BCUT2D eigenvalue weighted by atomic mass is 79.9. The van der Waals surface area contributed by atoms with E-state index in [9.17, 15) is 0 Å². The van der Waals surface area contributed by atoms with E-state index in [1.54, 1.807) is 0 Å². The summed E-state index contributed by atoms with van der Waals surface area (Å²) in [6.07, 6.45) is 2.44. The largest absolute Gasteiger partial charge is 0.372 e. The van der Waals surface area contributed by atoms with Gasteiger partial charge in [0.1, 0.15) is 0 Å². The van der Waals surface area contributed by atoms with E-state index in [-0.39, 0.29) is 6.10 Å². The zero-order valence-corrected chi connectivity index (χ0v) is 11.6. The maximum absolute atomic E-state index is 5.88. The van der Waals surface area contributed by atoms with Gasteiger partial charge < -0.3 is 10.1 Å². The number of hydrogen-bond donors (Lipinski definition) is 1.